The van der Waals surface area contributed by atoms with Crippen LogP contribution < -0.4 is 5.32 Å². The van der Waals surface area contributed by atoms with Crippen molar-refractivity contribution in [1.82, 2.24) is 5.32 Å². The Labute approximate surface area is 103 Å². The fraction of sp³-hybridized carbons (Fsp3) is 0.500. The van der Waals surface area contributed by atoms with Gasteiger partial charge in [-0.1, -0.05) is 39.0 Å². The van der Waals surface area contributed by atoms with Crippen molar-refractivity contribution < 1.29 is 9.90 Å². The molecule has 1 aromatic carbocycles. The van der Waals surface area contributed by atoms with Gasteiger partial charge >= 0.3 is 0 Å². The lowest BCUT2D eigenvalue weighted by Crippen LogP contribution is -2.34. The second kappa shape index (κ2) is 5.71. The highest BCUT2D eigenvalue weighted by molar-refractivity contribution is 5.79. The molecule has 1 aromatic rings. The number of rotatable bonds is 5. The molecule has 0 aliphatic carbocycles. The lowest BCUT2D eigenvalue weighted by atomic mass is 9.90. The molecule has 17 heavy (non-hydrogen) atoms. The van der Waals surface area contributed by atoms with E-state index in [1.807, 2.05) is 6.07 Å². The summed E-state index contributed by atoms with van der Waals surface area (Å²) in [7, 11) is 0. The van der Waals surface area contributed by atoms with E-state index < -0.39 is 0 Å². The molecule has 0 saturated carbocycles. The van der Waals surface area contributed by atoms with Crippen LogP contribution in [0.2, 0.25) is 0 Å². The third-order valence-corrected chi connectivity index (χ3v) is 3.06. The Balaban J connectivity index is 2.48. The van der Waals surface area contributed by atoms with Gasteiger partial charge in [0.05, 0.1) is 6.42 Å². The summed E-state index contributed by atoms with van der Waals surface area (Å²) < 4.78 is 0. The minimum Gasteiger partial charge on any atom is -0.508 e. The minimum absolute atomic E-state index is 0.0481. The first-order chi connectivity index (χ1) is 7.94. The van der Waals surface area contributed by atoms with Crippen molar-refractivity contribution in [3.8, 4) is 5.75 Å². The summed E-state index contributed by atoms with van der Waals surface area (Å²) in [5.74, 6) is 0.130. The second-order valence-electron chi connectivity index (χ2n) is 5.10. The molecule has 1 amide bonds. The molecule has 0 saturated heterocycles. The molecule has 0 atom stereocenters. The van der Waals surface area contributed by atoms with E-state index in [4.69, 9.17) is 0 Å². The van der Waals surface area contributed by atoms with Crippen LogP contribution in [0.3, 0.4) is 0 Å². The van der Waals surface area contributed by atoms with Crippen LogP contribution in [0.15, 0.2) is 24.3 Å². The molecule has 1 rings (SSSR count). The predicted molar refractivity (Wildman–Crippen MR) is 68.9 cm³/mol. The average molecular weight is 235 g/mol. The first-order valence-electron chi connectivity index (χ1n) is 5.98. The molecule has 0 spiro atoms. The maximum atomic E-state index is 11.7. The topological polar surface area (TPSA) is 49.3 Å². The fourth-order valence-electron chi connectivity index (χ4n) is 1.36. The largest absolute Gasteiger partial charge is 0.508 e. The van der Waals surface area contributed by atoms with Crippen molar-refractivity contribution in [3.05, 3.63) is 29.8 Å². The zero-order chi connectivity index (χ0) is 12.9. The van der Waals surface area contributed by atoms with Gasteiger partial charge in [-0.3, -0.25) is 4.79 Å². The Hall–Kier alpha value is -1.51. The summed E-state index contributed by atoms with van der Waals surface area (Å²) >= 11 is 0. The van der Waals surface area contributed by atoms with Gasteiger partial charge < -0.3 is 10.4 Å². The molecule has 0 heterocycles. The summed E-state index contributed by atoms with van der Waals surface area (Å²) in [6, 6.07) is 6.92. The molecule has 0 aliphatic heterocycles. The van der Waals surface area contributed by atoms with E-state index in [9.17, 15) is 9.90 Å². The predicted octanol–water partition coefficient (Wildman–Crippen LogP) is 2.49. The van der Waals surface area contributed by atoms with Crippen LogP contribution in [-0.2, 0) is 11.2 Å². The van der Waals surface area contributed by atoms with E-state index in [1.54, 1.807) is 18.2 Å². The number of nitrogens with one attached hydrogen (secondary N) is 1. The summed E-state index contributed by atoms with van der Waals surface area (Å²) in [4.78, 5) is 11.7. The van der Waals surface area contributed by atoms with Gasteiger partial charge in [0, 0.05) is 12.1 Å². The number of benzene rings is 1. The highest BCUT2D eigenvalue weighted by Crippen LogP contribution is 2.18. The summed E-state index contributed by atoms with van der Waals surface area (Å²) in [5.41, 5.74) is 0.785. The number of phenolic OH excluding ortho intramolecular Hbond substituents is 1. The van der Waals surface area contributed by atoms with Crippen LogP contribution in [0, 0.1) is 5.41 Å². The Kier molecular flexibility index (Phi) is 4.55. The Morgan fingerprint density at radius 2 is 2.00 bits per heavy atom. The Morgan fingerprint density at radius 1 is 1.35 bits per heavy atom. The van der Waals surface area contributed by atoms with E-state index in [2.05, 4.69) is 26.1 Å². The number of amides is 1. The quantitative estimate of drug-likeness (QED) is 0.823. The van der Waals surface area contributed by atoms with Crippen molar-refractivity contribution in [1.29, 1.82) is 0 Å². The fourth-order valence-corrected chi connectivity index (χ4v) is 1.36. The van der Waals surface area contributed by atoms with Gasteiger partial charge in [-0.05, 0) is 17.9 Å². The maximum Gasteiger partial charge on any atom is 0.224 e. The SMILES string of the molecule is CCC(C)(C)CNC(=O)Cc1ccccc1O. The lowest BCUT2D eigenvalue weighted by molar-refractivity contribution is -0.120. The molecule has 0 fully saturated rings. The number of phenols is 1. The highest BCUT2D eigenvalue weighted by Gasteiger charge is 2.16. The number of aromatic hydroxyl groups is 1. The van der Waals surface area contributed by atoms with Crippen molar-refractivity contribution in [2.24, 2.45) is 5.41 Å². The molecule has 3 nitrogen and oxygen atoms in total. The van der Waals surface area contributed by atoms with Gasteiger partial charge in [-0.15, -0.1) is 0 Å². The third kappa shape index (κ3) is 4.47. The molecular formula is C14H21NO2. The van der Waals surface area contributed by atoms with Gasteiger partial charge in [-0.2, -0.15) is 0 Å². The number of hydrogen-bond acceptors (Lipinski definition) is 2. The standard InChI is InChI=1S/C14H21NO2/c1-4-14(2,3)10-15-13(17)9-11-7-5-6-8-12(11)16/h5-8,16H,4,9-10H2,1-3H3,(H,15,17). The van der Waals surface area contributed by atoms with Gasteiger partial charge in [-0.25, -0.2) is 0 Å². The van der Waals surface area contributed by atoms with Crippen molar-refractivity contribution in [3.63, 3.8) is 0 Å². The van der Waals surface area contributed by atoms with Crippen LogP contribution in [0.5, 0.6) is 5.75 Å². The van der Waals surface area contributed by atoms with Crippen LogP contribution in [0.4, 0.5) is 0 Å². The average Bonchev–Trinajstić information content (AvgIpc) is 2.30. The van der Waals surface area contributed by atoms with Crippen LogP contribution in [-0.4, -0.2) is 17.6 Å². The Morgan fingerprint density at radius 3 is 2.59 bits per heavy atom. The molecule has 2 N–H and O–H groups in total. The minimum atomic E-state index is -0.0481. The smallest absolute Gasteiger partial charge is 0.224 e. The van der Waals surface area contributed by atoms with Crippen LogP contribution >= 0.6 is 0 Å². The maximum absolute atomic E-state index is 11.7. The summed E-state index contributed by atoms with van der Waals surface area (Å²) in [5, 5.41) is 12.5. The molecule has 0 aliphatic rings. The zero-order valence-corrected chi connectivity index (χ0v) is 10.8. The van der Waals surface area contributed by atoms with E-state index in [0.717, 1.165) is 6.42 Å². The first-order valence-corrected chi connectivity index (χ1v) is 5.98. The van der Waals surface area contributed by atoms with E-state index >= 15 is 0 Å². The normalized spacial score (nSPS) is 11.2. The van der Waals surface area contributed by atoms with Gasteiger partial charge in [0.25, 0.3) is 0 Å². The van der Waals surface area contributed by atoms with Gasteiger partial charge in [0.1, 0.15) is 5.75 Å². The third-order valence-electron chi connectivity index (χ3n) is 3.06. The molecular weight excluding hydrogens is 214 g/mol. The molecule has 0 unspecified atom stereocenters. The summed E-state index contributed by atoms with van der Waals surface area (Å²) in [6.45, 7) is 7.01. The number of hydrogen-bond donors (Lipinski definition) is 2. The van der Waals surface area contributed by atoms with Gasteiger partial charge in [0.15, 0.2) is 0 Å². The number of carbonyl (C=O) groups is 1. The number of para-hydroxylation sites is 1. The molecule has 0 radical (unpaired) electrons. The number of carbonyl (C=O) groups excluding carboxylic acids is 1. The second-order valence-corrected chi connectivity index (χ2v) is 5.10. The van der Waals surface area contributed by atoms with E-state index in [-0.39, 0.29) is 23.5 Å². The zero-order valence-electron chi connectivity index (χ0n) is 10.8. The van der Waals surface area contributed by atoms with Crippen LogP contribution in [0.25, 0.3) is 0 Å². The molecule has 0 bridgehead atoms. The van der Waals surface area contributed by atoms with Crippen molar-refractivity contribution in [2.45, 2.75) is 33.6 Å². The van der Waals surface area contributed by atoms with E-state index in [1.165, 1.54) is 0 Å². The lowest BCUT2D eigenvalue weighted by Gasteiger charge is -2.22. The monoisotopic (exact) mass is 235 g/mol. The molecule has 3 heteroatoms. The first kappa shape index (κ1) is 13.6. The van der Waals surface area contributed by atoms with Gasteiger partial charge in [0.2, 0.25) is 5.91 Å². The van der Waals surface area contributed by atoms with Crippen molar-refractivity contribution in [2.75, 3.05) is 6.54 Å². The van der Waals surface area contributed by atoms with Crippen LogP contribution in [0.1, 0.15) is 32.8 Å². The molecule has 0 aromatic heterocycles. The Bertz CT molecular complexity index is 386. The van der Waals surface area contributed by atoms with E-state index in [0.29, 0.717) is 12.1 Å². The highest BCUT2D eigenvalue weighted by atomic mass is 16.3. The molecule has 94 valence electrons. The van der Waals surface area contributed by atoms with Crippen molar-refractivity contribution >= 4 is 5.91 Å². The summed E-state index contributed by atoms with van der Waals surface area (Å²) in [6.07, 6.45) is 1.25.